The summed E-state index contributed by atoms with van der Waals surface area (Å²) in [6.45, 7) is 2.22. The first-order valence-electron chi connectivity index (χ1n) is 13.9. The molecular formula is C35H29N5O4. The summed E-state index contributed by atoms with van der Waals surface area (Å²) >= 11 is 0. The second kappa shape index (κ2) is 12.6. The monoisotopic (exact) mass is 583 g/mol. The first-order chi connectivity index (χ1) is 21.5. The van der Waals surface area contributed by atoms with Gasteiger partial charge >= 0.3 is 0 Å². The van der Waals surface area contributed by atoms with Crippen LogP contribution in [0.2, 0.25) is 0 Å². The standard InChI is InChI=1S/C35H29N5O4/c1-22-13-15-27-25(18-22)20-28(35(42)37-29-12-6-8-24-9-7-17-36-32(24)29)34(41)33(27)39-38-30-19-23(14-16-31(30)43-2)21-44-40-26-10-4-3-5-11-26/h3-20,40-41H,21H2,1-2H3,(H,37,42). The molecule has 218 valence electrons. The molecule has 0 aliphatic rings. The Balaban J connectivity index is 1.33. The minimum absolute atomic E-state index is 0.0612. The Morgan fingerprint density at radius 3 is 2.57 bits per heavy atom. The second-order valence-electron chi connectivity index (χ2n) is 10.1. The Morgan fingerprint density at radius 1 is 0.886 bits per heavy atom. The number of phenolic OH excluding ortho intramolecular Hbond substituents is 1. The molecular weight excluding hydrogens is 554 g/mol. The SMILES string of the molecule is COc1ccc(CONc2ccccc2)cc1N=Nc1c(O)c(C(=O)Nc2cccc3cccnc23)cc2cc(C)ccc12. The average molecular weight is 584 g/mol. The van der Waals surface area contributed by atoms with Crippen LogP contribution in [-0.4, -0.2) is 23.1 Å². The molecule has 0 aliphatic heterocycles. The van der Waals surface area contributed by atoms with Crippen LogP contribution in [-0.2, 0) is 11.4 Å². The normalized spacial score (nSPS) is 11.2. The zero-order chi connectivity index (χ0) is 30.5. The van der Waals surface area contributed by atoms with E-state index in [4.69, 9.17) is 9.57 Å². The first kappa shape index (κ1) is 28.3. The lowest BCUT2D eigenvalue weighted by atomic mass is 10.0. The Hall–Kier alpha value is -5.80. The lowest BCUT2D eigenvalue weighted by Gasteiger charge is -2.13. The van der Waals surface area contributed by atoms with Crippen LogP contribution in [0.3, 0.4) is 0 Å². The quantitative estimate of drug-likeness (QED) is 0.116. The predicted molar refractivity (Wildman–Crippen MR) is 172 cm³/mol. The number of carbonyl (C=O) groups excluding carboxylic acids is 1. The summed E-state index contributed by atoms with van der Waals surface area (Å²) in [4.78, 5) is 23.6. The smallest absolute Gasteiger partial charge is 0.259 e. The number of hydrogen-bond donors (Lipinski definition) is 3. The van der Waals surface area contributed by atoms with Crippen LogP contribution in [0.25, 0.3) is 21.7 Å². The number of nitrogens with one attached hydrogen (secondary N) is 2. The van der Waals surface area contributed by atoms with E-state index in [0.717, 1.165) is 27.6 Å². The molecule has 9 nitrogen and oxygen atoms in total. The van der Waals surface area contributed by atoms with Gasteiger partial charge in [-0.15, -0.1) is 10.2 Å². The van der Waals surface area contributed by atoms with Crippen molar-refractivity contribution in [2.24, 2.45) is 10.2 Å². The van der Waals surface area contributed by atoms with Crippen molar-refractivity contribution >= 4 is 50.3 Å². The first-order valence-corrected chi connectivity index (χ1v) is 13.9. The number of fused-ring (bicyclic) bond motifs is 2. The zero-order valence-electron chi connectivity index (χ0n) is 24.1. The minimum Gasteiger partial charge on any atom is -0.505 e. The number of phenols is 1. The van der Waals surface area contributed by atoms with Crippen molar-refractivity contribution in [3.05, 3.63) is 126 Å². The number of benzene rings is 5. The van der Waals surface area contributed by atoms with Gasteiger partial charge in [-0.25, -0.2) is 0 Å². The number of aromatic nitrogens is 1. The third-order valence-corrected chi connectivity index (χ3v) is 7.07. The Labute approximate surface area is 253 Å². The fourth-order valence-corrected chi connectivity index (χ4v) is 4.88. The number of aryl methyl sites for hydroxylation is 1. The Bertz CT molecular complexity index is 2010. The van der Waals surface area contributed by atoms with E-state index in [-0.39, 0.29) is 23.6 Å². The maximum absolute atomic E-state index is 13.6. The van der Waals surface area contributed by atoms with Crippen LogP contribution in [0.1, 0.15) is 21.5 Å². The molecule has 0 spiro atoms. The van der Waals surface area contributed by atoms with Crippen molar-refractivity contribution in [3.8, 4) is 11.5 Å². The maximum Gasteiger partial charge on any atom is 0.259 e. The van der Waals surface area contributed by atoms with Crippen molar-refractivity contribution in [1.29, 1.82) is 0 Å². The van der Waals surface area contributed by atoms with E-state index < -0.39 is 5.91 Å². The van der Waals surface area contributed by atoms with E-state index in [1.807, 2.05) is 85.8 Å². The molecule has 0 saturated heterocycles. The number of rotatable bonds is 9. The van der Waals surface area contributed by atoms with Crippen LogP contribution in [0.5, 0.6) is 11.5 Å². The molecule has 0 aliphatic carbocycles. The van der Waals surface area contributed by atoms with Gasteiger partial charge in [0.25, 0.3) is 5.91 Å². The minimum atomic E-state index is -0.497. The maximum atomic E-state index is 13.6. The highest BCUT2D eigenvalue weighted by Crippen LogP contribution is 2.41. The van der Waals surface area contributed by atoms with Gasteiger partial charge in [0.1, 0.15) is 17.1 Å². The summed E-state index contributed by atoms with van der Waals surface area (Å²) < 4.78 is 5.52. The molecule has 5 aromatic carbocycles. The number of azo groups is 1. The van der Waals surface area contributed by atoms with Crippen molar-refractivity contribution in [2.75, 3.05) is 17.9 Å². The number of amides is 1. The molecule has 1 amide bonds. The van der Waals surface area contributed by atoms with Gasteiger partial charge in [0.15, 0.2) is 5.75 Å². The van der Waals surface area contributed by atoms with Gasteiger partial charge in [-0.1, -0.05) is 66.2 Å². The van der Waals surface area contributed by atoms with Crippen molar-refractivity contribution < 1.29 is 19.5 Å². The third-order valence-electron chi connectivity index (χ3n) is 7.07. The molecule has 0 bridgehead atoms. The Kier molecular flexibility index (Phi) is 8.11. The number of pyridine rings is 1. The number of carbonyl (C=O) groups is 1. The molecule has 1 aromatic heterocycles. The van der Waals surface area contributed by atoms with Crippen molar-refractivity contribution in [2.45, 2.75) is 13.5 Å². The molecule has 9 heteroatoms. The summed E-state index contributed by atoms with van der Waals surface area (Å²) in [6, 6.07) is 31.6. The zero-order valence-corrected chi connectivity index (χ0v) is 24.1. The second-order valence-corrected chi connectivity index (χ2v) is 10.1. The van der Waals surface area contributed by atoms with Crippen LogP contribution in [0, 0.1) is 6.92 Å². The summed E-state index contributed by atoms with van der Waals surface area (Å²) in [6.07, 6.45) is 1.67. The molecule has 6 rings (SSSR count). The van der Waals surface area contributed by atoms with E-state index >= 15 is 0 Å². The molecule has 0 saturated carbocycles. The third kappa shape index (κ3) is 6.04. The van der Waals surface area contributed by atoms with Gasteiger partial charge in [0.05, 0.1) is 36.2 Å². The molecule has 0 atom stereocenters. The largest absolute Gasteiger partial charge is 0.505 e. The molecule has 44 heavy (non-hydrogen) atoms. The van der Waals surface area contributed by atoms with E-state index in [1.54, 1.807) is 37.6 Å². The highest BCUT2D eigenvalue weighted by molar-refractivity contribution is 6.13. The van der Waals surface area contributed by atoms with E-state index in [2.05, 4.69) is 26.0 Å². The van der Waals surface area contributed by atoms with Crippen molar-refractivity contribution in [3.63, 3.8) is 0 Å². The van der Waals surface area contributed by atoms with Crippen LogP contribution in [0.4, 0.5) is 22.7 Å². The topological polar surface area (TPSA) is 117 Å². The van der Waals surface area contributed by atoms with Crippen LogP contribution < -0.4 is 15.5 Å². The van der Waals surface area contributed by atoms with E-state index in [1.165, 1.54) is 0 Å². The number of aromatic hydroxyl groups is 1. The van der Waals surface area contributed by atoms with Gasteiger partial charge in [-0.05, 0) is 60.3 Å². The fourth-order valence-electron chi connectivity index (χ4n) is 4.88. The predicted octanol–water partition coefficient (Wildman–Crippen LogP) is 8.62. The highest BCUT2D eigenvalue weighted by Gasteiger charge is 2.20. The highest BCUT2D eigenvalue weighted by atomic mass is 16.6. The fraction of sp³-hybridized carbons (Fsp3) is 0.0857. The molecule has 0 unspecified atom stereocenters. The summed E-state index contributed by atoms with van der Waals surface area (Å²) in [7, 11) is 1.55. The summed E-state index contributed by atoms with van der Waals surface area (Å²) in [5.41, 5.74) is 7.41. The molecule has 6 aromatic rings. The lowest BCUT2D eigenvalue weighted by molar-refractivity contribution is 0.102. The average Bonchev–Trinajstić information content (AvgIpc) is 3.05. The number of nitrogens with zero attached hydrogens (tertiary/aromatic N) is 3. The van der Waals surface area contributed by atoms with Gasteiger partial charge in [0.2, 0.25) is 0 Å². The van der Waals surface area contributed by atoms with Crippen LogP contribution in [0.15, 0.2) is 120 Å². The number of hydrogen-bond acceptors (Lipinski definition) is 8. The summed E-state index contributed by atoms with van der Waals surface area (Å²) in [5.74, 6) is -0.296. The van der Waals surface area contributed by atoms with Gasteiger partial charge in [-0.2, -0.15) is 0 Å². The van der Waals surface area contributed by atoms with Crippen LogP contribution >= 0.6 is 0 Å². The number of para-hydroxylation sites is 2. The number of anilines is 2. The van der Waals surface area contributed by atoms with Gasteiger partial charge in [0, 0.05) is 17.0 Å². The van der Waals surface area contributed by atoms with E-state index in [9.17, 15) is 9.90 Å². The molecule has 0 fully saturated rings. The van der Waals surface area contributed by atoms with Crippen molar-refractivity contribution in [1.82, 2.24) is 4.98 Å². The van der Waals surface area contributed by atoms with Gasteiger partial charge in [-0.3, -0.25) is 20.1 Å². The molecule has 1 heterocycles. The number of methoxy groups -OCH3 is 1. The molecule has 0 radical (unpaired) electrons. The summed E-state index contributed by atoms with van der Waals surface area (Å²) in [5, 5.41) is 25.5. The van der Waals surface area contributed by atoms with Gasteiger partial charge < -0.3 is 15.2 Å². The molecule has 3 N–H and O–H groups in total. The number of ether oxygens (including phenoxy) is 1. The Morgan fingerprint density at radius 2 is 1.73 bits per heavy atom. The van der Waals surface area contributed by atoms with E-state index in [0.29, 0.717) is 28.0 Å². The lowest BCUT2D eigenvalue weighted by Crippen LogP contribution is -2.12.